The Hall–Kier alpha value is -1.61. The van der Waals surface area contributed by atoms with Gasteiger partial charge in [0.05, 0.1) is 11.2 Å². The number of hydrogen-bond acceptors (Lipinski definition) is 2. The molecule has 0 aliphatic heterocycles. The molecule has 0 radical (unpaired) electrons. The van der Waals surface area contributed by atoms with E-state index in [1.54, 1.807) is 0 Å². The van der Waals surface area contributed by atoms with E-state index in [0.29, 0.717) is 0 Å². The largest absolute Gasteiger partial charge is 0.324 e. The number of aryl methyl sites for hydroxylation is 1. The first-order chi connectivity index (χ1) is 9.24. The van der Waals surface area contributed by atoms with Crippen LogP contribution in [0, 0.1) is 0 Å². The Morgan fingerprint density at radius 3 is 3.05 bits per heavy atom. The van der Waals surface area contributed by atoms with Crippen molar-refractivity contribution in [2.24, 2.45) is 12.8 Å². The van der Waals surface area contributed by atoms with Gasteiger partial charge in [-0.3, -0.25) is 4.68 Å². The average Bonchev–Trinajstić information content (AvgIpc) is 2.58. The fourth-order valence-electron chi connectivity index (χ4n) is 2.98. The van der Waals surface area contributed by atoms with E-state index >= 15 is 0 Å². The second kappa shape index (κ2) is 5.17. The second-order valence-corrected chi connectivity index (χ2v) is 5.50. The summed E-state index contributed by atoms with van der Waals surface area (Å²) in [4.78, 5) is 0. The lowest BCUT2D eigenvalue weighted by atomic mass is 10.0. The highest BCUT2D eigenvalue weighted by atomic mass is 15.3. The number of para-hydroxylation sites is 1. The summed E-state index contributed by atoms with van der Waals surface area (Å²) in [6.45, 7) is 0. The highest BCUT2D eigenvalue weighted by Gasteiger charge is 2.13. The van der Waals surface area contributed by atoms with E-state index in [2.05, 4.69) is 35.4 Å². The molecule has 0 saturated heterocycles. The molecule has 2 N–H and O–H groups in total. The summed E-state index contributed by atoms with van der Waals surface area (Å²) in [5.41, 5.74) is 9.93. The van der Waals surface area contributed by atoms with Gasteiger partial charge in [0.1, 0.15) is 0 Å². The monoisotopic (exact) mass is 255 g/mol. The molecule has 1 aromatic carbocycles. The van der Waals surface area contributed by atoms with E-state index in [1.807, 2.05) is 11.7 Å². The molecule has 3 nitrogen and oxygen atoms in total. The van der Waals surface area contributed by atoms with Gasteiger partial charge >= 0.3 is 0 Å². The maximum Gasteiger partial charge on any atom is 0.0743 e. The standard InChI is InChI=1S/C16H21N3/c1-19-16-9-5-4-8-14(16)15(18-19)11-12-6-2-3-7-13(17)10-12/h4-5,8-10,13H,2-3,6-7,11,17H2,1H3. The molecule has 0 saturated carbocycles. The molecule has 19 heavy (non-hydrogen) atoms. The highest BCUT2D eigenvalue weighted by Crippen LogP contribution is 2.24. The molecule has 0 amide bonds. The number of allylic oxidation sites excluding steroid dienone is 1. The smallest absolute Gasteiger partial charge is 0.0743 e. The Balaban J connectivity index is 1.93. The topological polar surface area (TPSA) is 43.8 Å². The van der Waals surface area contributed by atoms with Crippen LogP contribution in [0.1, 0.15) is 31.4 Å². The normalized spacial score (nSPS) is 20.3. The molecule has 0 bridgehead atoms. The lowest BCUT2D eigenvalue weighted by molar-refractivity contribution is 0.654. The maximum absolute atomic E-state index is 6.09. The van der Waals surface area contributed by atoms with E-state index in [-0.39, 0.29) is 6.04 Å². The predicted octanol–water partition coefficient (Wildman–Crippen LogP) is 2.94. The number of aromatic nitrogens is 2. The third-order valence-corrected chi connectivity index (χ3v) is 3.96. The van der Waals surface area contributed by atoms with Gasteiger partial charge in [-0.25, -0.2) is 0 Å². The van der Waals surface area contributed by atoms with Gasteiger partial charge in [0, 0.05) is 24.9 Å². The zero-order valence-electron chi connectivity index (χ0n) is 11.5. The Labute approximate surface area is 114 Å². The van der Waals surface area contributed by atoms with Crippen LogP contribution in [-0.4, -0.2) is 15.8 Å². The van der Waals surface area contributed by atoms with Crippen molar-refractivity contribution in [3.8, 4) is 0 Å². The van der Waals surface area contributed by atoms with Crippen molar-refractivity contribution >= 4 is 10.9 Å². The number of nitrogens with zero attached hydrogens (tertiary/aromatic N) is 2. The van der Waals surface area contributed by atoms with Crippen LogP contribution in [0.2, 0.25) is 0 Å². The number of rotatable bonds is 2. The minimum atomic E-state index is 0.229. The summed E-state index contributed by atoms with van der Waals surface area (Å²) in [6.07, 6.45) is 7.98. The summed E-state index contributed by atoms with van der Waals surface area (Å²) in [5.74, 6) is 0. The fourth-order valence-corrected chi connectivity index (χ4v) is 2.98. The van der Waals surface area contributed by atoms with Gasteiger partial charge in [-0.1, -0.05) is 36.3 Å². The van der Waals surface area contributed by atoms with Gasteiger partial charge in [0.25, 0.3) is 0 Å². The lowest BCUT2D eigenvalue weighted by Gasteiger charge is -2.05. The van der Waals surface area contributed by atoms with E-state index in [1.165, 1.54) is 41.4 Å². The zero-order chi connectivity index (χ0) is 13.2. The van der Waals surface area contributed by atoms with Gasteiger partial charge in [0.2, 0.25) is 0 Å². The van der Waals surface area contributed by atoms with Crippen molar-refractivity contribution in [2.75, 3.05) is 0 Å². The van der Waals surface area contributed by atoms with Crippen molar-refractivity contribution in [1.82, 2.24) is 9.78 Å². The maximum atomic E-state index is 6.09. The predicted molar refractivity (Wildman–Crippen MR) is 78.9 cm³/mol. The van der Waals surface area contributed by atoms with Crippen LogP contribution < -0.4 is 5.73 Å². The quantitative estimate of drug-likeness (QED) is 0.838. The van der Waals surface area contributed by atoms with Crippen LogP contribution in [0.3, 0.4) is 0 Å². The van der Waals surface area contributed by atoms with E-state index in [9.17, 15) is 0 Å². The number of fused-ring (bicyclic) bond motifs is 1. The molecule has 3 heteroatoms. The van der Waals surface area contributed by atoms with Crippen LogP contribution in [0.5, 0.6) is 0 Å². The van der Waals surface area contributed by atoms with Crippen molar-refractivity contribution in [2.45, 2.75) is 38.1 Å². The molecule has 1 aliphatic carbocycles. The van der Waals surface area contributed by atoms with Gasteiger partial charge in [-0.15, -0.1) is 0 Å². The first-order valence-electron chi connectivity index (χ1n) is 7.10. The van der Waals surface area contributed by atoms with Crippen LogP contribution in [-0.2, 0) is 13.5 Å². The Kier molecular flexibility index (Phi) is 3.38. The minimum absolute atomic E-state index is 0.229. The van der Waals surface area contributed by atoms with Gasteiger partial charge in [0.15, 0.2) is 0 Å². The molecule has 1 unspecified atom stereocenters. The summed E-state index contributed by atoms with van der Waals surface area (Å²) < 4.78 is 1.97. The molecule has 1 aliphatic rings. The first-order valence-corrected chi connectivity index (χ1v) is 7.10. The number of benzene rings is 1. The lowest BCUT2D eigenvalue weighted by Crippen LogP contribution is -2.16. The molecule has 1 heterocycles. The SMILES string of the molecule is Cn1nc(CC2=CC(N)CCCC2)c2ccccc21. The van der Waals surface area contributed by atoms with Crippen LogP contribution >= 0.6 is 0 Å². The summed E-state index contributed by atoms with van der Waals surface area (Å²) in [7, 11) is 2.01. The molecular weight excluding hydrogens is 234 g/mol. The first kappa shape index (κ1) is 12.4. The molecule has 2 aromatic rings. The fraction of sp³-hybridized carbons (Fsp3) is 0.438. The molecule has 1 atom stereocenters. The average molecular weight is 255 g/mol. The molecule has 100 valence electrons. The van der Waals surface area contributed by atoms with Crippen molar-refractivity contribution in [3.05, 3.63) is 41.6 Å². The third-order valence-electron chi connectivity index (χ3n) is 3.96. The van der Waals surface area contributed by atoms with E-state index < -0.39 is 0 Å². The van der Waals surface area contributed by atoms with Crippen LogP contribution in [0.4, 0.5) is 0 Å². The van der Waals surface area contributed by atoms with Gasteiger partial charge < -0.3 is 5.73 Å². The Morgan fingerprint density at radius 1 is 1.32 bits per heavy atom. The number of hydrogen-bond donors (Lipinski definition) is 1. The van der Waals surface area contributed by atoms with Gasteiger partial charge in [-0.05, 0) is 25.3 Å². The molecule has 0 fully saturated rings. The van der Waals surface area contributed by atoms with Crippen LogP contribution in [0.25, 0.3) is 10.9 Å². The molecule has 3 rings (SSSR count). The Morgan fingerprint density at radius 2 is 2.16 bits per heavy atom. The Bertz CT molecular complexity index is 609. The van der Waals surface area contributed by atoms with Crippen LogP contribution in [0.15, 0.2) is 35.9 Å². The summed E-state index contributed by atoms with van der Waals surface area (Å²) in [6, 6.07) is 8.66. The minimum Gasteiger partial charge on any atom is -0.324 e. The molecule has 0 spiro atoms. The summed E-state index contributed by atoms with van der Waals surface area (Å²) >= 11 is 0. The highest BCUT2D eigenvalue weighted by molar-refractivity contribution is 5.82. The van der Waals surface area contributed by atoms with E-state index in [0.717, 1.165) is 12.8 Å². The summed E-state index contributed by atoms with van der Waals surface area (Å²) in [5, 5.41) is 5.94. The third kappa shape index (κ3) is 2.56. The van der Waals surface area contributed by atoms with E-state index in [4.69, 9.17) is 5.73 Å². The molecular formula is C16H21N3. The zero-order valence-corrected chi connectivity index (χ0v) is 11.5. The van der Waals surface area contributed by atoms with Crippen molar-refractivity contribution in [1.29, 1.82) is 0 Å². The second-order valence-electron chi connectivity index (χ2n) is 5.50. The van der Waals surface area contributed by atoms with Crippen molar-refractivity contribution in [3.63, 3.8) is 0 Å². The number of nitrogens with two attached hydrogens (primary N) is 1. The van der Waals surface area contributed by atoms with Crippen molar-refractivity contribution < 1.29 is 0 Å². The molecule has 1 aromatic heterocycles. The van der Waals surface area contributed by atoms with Gasteiger partial charge in [-0.2, -0.15) is 5.10 Å².